The summed E-state index contributed by atoms with van der Waals surface area (Å²) in [5.74, 6) is -0.891. The van der Waals surface area contributed by atoms with Crippen LogP contribution in [0.4, 0.5) is 5.69 Å². The molecule has 0 saturated heterocycles. The smallest absolute Gasteiger partial charge is 0.250 e. The third kappa shape index (κ3) is 4.25. The Bertz CT molecular complexity index is 521. The quantitative estimate of drug-likeness (QED) is 0.799. The van der Waals surface area contributed by atoms with Crippen LogP contribution >= 0.6 is 0 Å². The second kappa shape index (κ2) is 6.18. The third-order valence-electron chi connectivity index (χ3n) is 2.80. The van der Waals surface area contributed by atoms with Crippen LogP contribution in [-0.4, -0.2) is 11.8 Å². The number of amides is 2. The van der Waals surface area contributed by atoms with E-state index in [2.05, 4.69) is 11.9 Å². The molecular weight excluding hydrogens is 240 g/mol. The first-order chi connectivity index (χ1) is 8.81. The van der Waals surface area contributed by atoms with Crippen molar-refractivity contribution in [1.29, 1.82) is 0 Å². The maximum atomic E-state index is 12.0. The van der Waals surface area contributed by atoms with Crippen molar-refractivity contribution >= 4 is 17.5 Å². The van der Waals surface area contributed by atoms with E-state index in [4.69, 9.17) is 5.73 Å². The van der Waals surface area contributed by atoms with Gasteiger partial charge in [-0.1, -0.05) is 18.6 Å². The molecule has 19 heavy (non-hydrogen) atoms. The lowest BCUT2D eigenvalue weighted by Gasteiger charge is -2.14. The Hall–Kier alpha value is -2.10. The molecule has 4 heteroatoms. The topological polar surface area (TPSA) is 72.2 Å². The molecule has 0 aliphatic rings. The number of nitrogens with one attached hydrogen (secondary N) is 1. The van der Waals surface area contributed by atoms with Crippen molar-refractivity contribution in [1.82, 2.24) is 0 Å². The maximum absolute atomic E-state index is 12.0. The fourth-order valence-electron chi connectivity index (χ4n) is 1.85. The number of primary amides is 1. The summed E-state index contributed by atoms with van der Waals surface area (Å²) in [5.41, 5.74) is 7.98. The van der Waals surface area contributed by atoms with Crippen molar-refractivity contribution in [3.63, 3.8) is 0 Å². The summed E-state index contributed by atoms with van der Waals surface area (Å²) in [6.07, 6.45) is 0.615. The predicted molar refractivity (Wildman–Crippen MR) is 76.9 cm³/mol. The molecule has 1 unspecified atom stereocenters. The Kier molecular flexibility index (Phi) is 4.87. The van der Waals surface area contributed by atoms with Crippen LogP contribution in [0, 0.1) is 12.8 Å². The van der Waals surface area contributed by atoms with Gasteiger partial charge in [0.25, 0.3) is 5.91 Å². The summed E-state index contributed by atoms with van der Waals surface area (Å²) in [4.78, 5) is 23.3. The first-order valence-electron chi connectivity index (χ1n) is 6.17. The molecule has 2 amide bonds. The van der Waals surface area contributed by atoms with Crippen molar-refractivity contribution in [3.05, 3.63) is 41.5 Å². The van der Waals surface area contributed by atoms with Gasteiger partial charge in [-0.15, -0.1) is 6.58 Å². The summed E-state index contributed by atoms with van der Waals surface area (Å²) >= 11 is 0. The number of hydrogen-bond acceptors (Lipinski definition) is 2. The Morgan fingerprint density at radius 3 is 2.58 bits per heavy atom. The molecule has 0 saturated carbocycles. The van der Waals surface area contributed by atoms with Gasteiger partial charge in [0.1, 0.15) is 0 Å². The predicted octanol–water partition coefficient (Wildman–Crippen LogP) is 2.63. The van der Waals surface area contributed by atoms with Crippen molar-refractivity contribution in [2.24, 2.45) is 11.7 Å². The standard InChI is InChI=1S/C15H20N2O2/c1-9(2)7-11(4)15(19)17-13-8-10(3)5-6-12(13)14(16)18/h5-6,8,11H,1,7H2,2-4H3,(H2,16,18)(H,17,19). The van der Waals surface area contributed by atoms with Crippen LogP contribution in [0.1, 0.15) is 36.2 Å². The Balaban J connectivity index is 2.92. The van der Waals surface area contributed by atoms with Gasteiger partial charge in [-0.25, -0.2) is 0 Å². The first-order valence-corrected chi connectivity index (χ1v) is 6.17. The second-order valence-corrected chi connectivity index (χ2v) is 4.96. The number of rotatable bonds is 5. The number of nitrogens with two attached hydrogens (primary N) is 1. The molecule has 0 aromatic heterocycles. The minimum absolute atomic E-state index is 0.142. The molecule has 0 aliphatic carbocycles. The van der Waals surface area contributed by atoms with Gasteiger partial charge in [0.2, 0.25) is 5.91 Å². The summed E-state index contributed by atoms with van der Waals surface area (Å²) in [6.45, 7) is 9.38. The van der Waals surface area contributed by atoms with Gasteiger partial charge < -0.3 is 11.1 Å². The molecule has 1 aromatic carbocycles. The highest BCUT2D eigenvalue weighted by molar-refractivity contribution is 6.03. The van der Waals surface area contributed by atoms with Crippen molar-refractivity contribution in [3.8, 4) is 0 Å². The van der Waals surface area contributed by atoms with Gasteiger partial charge in [0.05, 0.1) is 11.3 Å². The van der Waals surface area contributed by atoms with E-state index in [1.165, 1.54) is 0 Å². The largest absolute Gasteiger partial charge is 0.366 e. The molecule has 1 atom stereocenters. The number of anilines is 1. The van der Waals surface area contributed by atoms with E-state index >= 15 is 0 Å². The zero-order valence-corrected chi connectivity index (χ0v) is 11.6. The number of allylic oxidation sites excluding steroid dienone is 1. The lowest BCUT2D eigenvalue weighted by molar-refractivity contribution is -0.119. The molecular formula is C15H20N2O2. The Morgan fingerprint density at radius 2 is 2.05 bits per heavy atom. The third-order valence-corrected chi connectivity index (χ3v) is 2.80. The van der Waals surface area contributed by atoms with Crippen molar-refractivity contribution in [2.75, 3.05) is 5.32 Å². The van der Waals surface area contributed by atoms with Crippen LogP contribution in [0.3, 0.4) is 0 Å². The van der Waals surface area contributed by atoms with Crippen LogP contribution in [0.5, 0.6) is 0 Å². The Labute approximate surface area is 113 Å². The van der Waals surface area contributed by atoms with E-state index in [0.717, 1.165) is 11.1 Å². The van der Waals surface area contributed by atoms with Crippen molar-refractivity contribution < 1.29 is 9.59 Å². The maximum Gasteiger partial charge on any atom is 0.250 e. The van der Waals surface area contributed by atoms with Crippen LogP contribution in [0.2, 0.25) is 0 Å². The number of aryl methyl sites for hydroxylation is 1. The van der Waals surface area contributed by atoms with E-state index in [-0.39, 0.29) is 11.8 Å². The average molecular weight is 260 g/mol. The van der Waals surface area contributed by atoms with E-state index in [1.807, 2.05) is 20.8 Å². The van der Waals surface area contributed by atoms with Crippen LogP contribution < -0.4 is 11.1 Å². The SMILES string of the molecule is C=C(C)CC(C)C(=O)Nc1cc(C)ccc1C(N)=O. The highest BCUT2D eigenvalue weighted by Crippen LogP contribution is 2.19. The Morgan fingerprint density at radius 1 is 1.42 bits per heavy atom. The van der Waals surface area contributed by atoms with E-state index in [0.29, 0.717) is 17.7 Å². The molecule has 4 nitrogen and oxygen atoms in total. The molecule has 3 N–H and O–H groups in total. The lowest BCUT2D eigenvalue weighted by atomic mass is 10.0. The summed E-state index contributed by atoms with van der Waals surface area (Å²) in [7, 11) is 0. The average Bonchev–Trinajstić information content (AvgIpc) is 2.27. The highest BCUT2D eigenvalue weighted by atomic mass is 16.2. The fourth-order valence-corrected chi connectivity index (χ4v) is 1.85. The molecule has 0 radical (unpaired) electrons. The molecule has 1 rings (SSSR count). The second-order valence-electron chi connectivity index (χ2n) is 4.96. The monoisotopic (exact) mass is 260 g/mol. The van der Waals surface area contributed by atoms with E-state index < -0.39 is 5.91 Å². The zero-order chi connectivity index (χ0) is 14.6. The first kappa shape index (κ1) is 15.0. The van der Waals surface area contributed by atoms with Gasteiger partial charge >= 0.3 is 0 Å². The summed E-state index contributed by atoms with van der Waals surface area (Å²) < 4.78 is 0. The zero-order valence-electron chi connectivity index (χ0n) is 11.6. The number of hydrogen-bond donors (Lipinski definition) is 2. The number of benzene rings is 1. The number of carbonyl (C=O) groups excluding carboxylic acids is 2. The van der Waals surface area contributed by atoms with Crippen molar-refractivity contribution in [2.45, 2.75) is 27.2 Å². The van der Waals surface area contributed by atoms with Gasteiger partial charge in [-0.05, 0) is 38.0 Å². The molecule has 102 valence electrons. The normalized spacial score (nSPS) is 11.7. The minimum Gasteiger partial charge on any atom is -0.366 e. The molecule has 0 heterocycles. The molecule has 0 fully saturated rings. The van der Waals surface area contributed by atoms with E-state index in [1.54, 1.807) is 18.2 Å². The summed E-state index contributed by atoms with van der Waals surface area (Å²) in [6, 6.07) is 5.15. The van der Waals surface area contributed by atoms with E-state index in [9.17, 15) is 9.59 Å². The van der Waals surface area contributed by atoms with Gasteiger partial charge in [0.15, 0.2) is 0 Å². The molecule has 0 bridgehead atoms. The molecule has 0 aliphatic heterocycles. The van der Waals surface area contributed by atoms with Crippen LogP contribution in [0.15, 0.2) is 30.4 Å². The molecule has 0 spiro atoms. The summed E-state index contributed by atoms with van der Waals surface area (Å²) in [5, 5.41) is 2.76. The fraction of sp³-hybridized carbons (Fsp3) is 0.333. The minimum atomic E-state index is -0.553. The molecule has 1 aromatic rings. The highest BCUT2D eigenvalue weighted by Gasteiger charge is 2.16. The lowest BCUT2D eigenvalue weighted by Crippen LogP contribution is -2.23. The van der Waals surface area contributed by atoms with Crippen LogP contribution in [0.25, 0.3) is 0 Å². The van der Waals surface area contributed by atoms with Gasteiger partial charge in [-0.2, -0.15) is 0 Å². The number of carbonyl (C=O) groups is 2. The van der Waals surface area contributed by atoms with Gasteiger partial charge in [-0.3, -0.25) is 9.59 Å². The van der Waals surface area contributed by atoms with Gasteiger partial charge in [0, 0.05) is 5.92 Å². The van der Waals surface area contributed by atoms with Crippen LogP contribution in [-0.2, 0) is 4.79 Å².